The molecular weight excluding hydrogens is 278 g/mol. The Morgan fingerprint density at radius 2 is 1.95 bits per heavy atom. The minimum atomic E-state index is -4.61. The van der Waals surface area contributed by atoms with Crippen LogP contribution in [0, 0.1) is 5.82 Å². The monoisotopic (exact) mass is 287 g/mol. The molecule has 106 valence electrons. The molecule has 0 aliphatic carbocycles. The number of aromatic nitrogens is 2. The van der Waals surface area contributed by atoms with Crippen LogP contribution in [0.1, 0.15) is 11.3 Å². The van der Waals surface area contributed by atoms with Gasteiger partial charge in [-0.3, -0.25) is 0 Å². The van der Waals surface area contributed by atoms with E-state index in [2.05, 4.69) is 9.97 Å². The van der Waals surface area contributed by atoms with Crippen LogP contribution in [0.2, 0.25) is 0 Å². The van der Waals surface area contributed by atoms with E-state index in [9.17, 15) is 17.6 Å². The average molecular weight is 287 g/mol. The van der Waals surface area contributed by atoms with E-state index in [1.807, 2.05) is 0 Å². The quantitative estimate of drug-likeness (QED) is 0.882. The summed E-state index contributed by atoms with van der Waals surface area (Å²) in [5, 5.41) is 0. The zero-order valence-electron chi connectivity index (χ0n) is 9.99. The van der Waals surface area contributed by atoms with Gasteiger partial charge < -0.3 is 10.5 Å². The summed E-state index contributed by atoms with van der Waals surface area (Å²) in [7, 11) is 0. The number of halogens is 4. The van der Waals surface area contributed by atoms with Crippen LogP contribution in [0.15, 0.2) is 30.5 Å². The highest BCUT2D eigenvalue weighted by Gasteiger charge is 2.33. The molecule has 0 saturated heterocycles. The van der Waals surface area contributed by atoms with Crippen LogP contribution in [0.25, 0.3) is 0 Å². The minimum Gasteiger partial charge on any atom is -0.424 e. The standard InChI is InChI=1S/C12H9F4N3O/c13-8-2-1-3-9(7(8)6-17)20-11-18-5-4-10(19-11)12(14,15)16/h1-5H,6,17H2. The van der Waals surface area contributed by atoms with Crippen molar-refractivity contribution in [1.82, 2.24) is 9.97 Å². The van der Waals surface area contributed by atoms with E-state index >= 15 is 0 Å². The fourth-order valence-electron chi connectivity index (χ4n) is 1.48. The van der Waals surface area contributed by atoms with Gasteiger partial charge in [0.2, 0.25) is 0 Å². The maximum absolute atomic E-state index is 13.4. The lowest BCUT2D eigenvalue weighted by atomic mass is 10.2. The molecule has 1 heterocycles. The molecule has 0 atom stereocenters. The lowest BCUT2D eigenvalue weighted by Crippen LogP contribution is -2.09. The van der Waals surface area contributed by atoms with E-state index < -0.39 is 23.7 Å². The highest BCUT2D eigenvalue weighted by Crippen LogP contribution is 2.30. The van der Waals surface area contributed by atoms with Gasteiger partial charge in [0.05, 0.1) is 0 Å². The smallest absolute Gasteiger partial charge is 0.424 e. The number of hydrogen-bond donors (Lipinski definition) is 1. The summed E-state index contributed by atoms with van der Waals surface area (Å²) in [4.78, 5) is 6.78. The summed E-state index contributed by atoms with van der Waals surface area (Å²) in [5.41, 5.74) is 4.25. The SMILES string of the molecule is NCc1c(F)cccc1Oc1nccc(C(F)(F)F)n1. The number of rotatable bonds is 3. The second kappa shape index (κ2) is 5.41. The van der Waals surface area contributed by atoms with Gasteiger partial charge in [-0.05, 0) is 18.2 Å². The van der Waals surface area contributed by atoms with Gasteiger partial charge in [0, 0.05) is 18.3 Å². The van der Waals surface area contributed by atoms with E-state index in [0.29, 0.717) is 6.07 Å². The molecular formula is C12H9F4N3O. The maximum atomic E-state index is 13.4. The fraction of sp³-hybridized carbons (Fsp3) is 0.167. The normalized spacial score (nSPS) is 11.4. The average Bonchev–Trinajstić information content (AvgIpc) is 2.38. The van der Waals surface area contributed by atoms with E-state index in [-0.39, 0.29) is 17.9 Å². The van der Waals surface area contributed by atoms with E-state index in [4.69, 9.17) is 10.5 Å². The number of alkyl halides is 3. The van der Waals surface area contributed by atoms with Gasteiger partial charge in [-0.2, -0.15) is 18.2 Å². The lowest BCUT2D eigenvalue weighted by Gasteiger charge is -2.10. The topological polar surface area (TPSA) is 61.0 Å². The molecule has 0 fully saturated rings. The van der Waals surface area contributed by atoms with Gasteiger partial charge in [0.15, 0.2) is 5.69 Å². The highest BCUT2D eigenvalue weighted by atomic mass is 19.4. The molecule has 0 aliphatic rings. The first-order valence-corrected chi connectivity index (χ1v) is 5.47. The summed E-state index contributed by atoms with van der Waals surface area (Å²) in [6.07, 6.45) is -3.70. The van der Waals surface area contributed by atoms with Crippen molar-refractivity contribution in [1.29, 1.82) is 0 Å². The molecule has 0 unspecified atom stereocenters. The van der Waals surface area contributed by atoms with Crippen molar-refractivity contribution < 1.29 is 22.3 Å². The van der Waals surface area contributed by atoms with Crippen molar-refractivity contribution in [3.8, 4) is 11.8 Å². The van der Waals surface area contributed by atoms with Gasteiger partial charge in [-0.1, -0.05) is 6.07 Å². The second-order valence-electron chi connectivity index (χ2n) is 3.74. The predicted octanol–water partition coefficient (Wildman–Crippen LogP) is 2.89. The minimum absolute atomic E-state index is 0.0215. The number of nitrogens with two attached hydrogens (primary N) is 1. The van der Waals surface area contributed by atoms with Gasteiger partial charge >= 0.3 is 12.2 Å². The van der Waals surface area contributed by atoms with Crippen molar-refractivity contribution in [3.63, 3.8) is 0 Å². The zero-order chi connectivity index (χ0) is 14.8. The van der Waals surface area contributed by atoms with Gasteiger partial charge in [-0.25, -0.2) is 9.37 Å². The van der Waals surface area contributed by atoms with Gasteiger partial charge in [0.1, 0.15) is 11.6 Å². The molecule has 1 aromatic heterocycles. The summed E-state index contributed by atoms with van der Waals surface area (Å²) >= 11 is 0. The maximum Gasteiger partial charge on any atom is 0.433 e. The van der Waals surface area contributed by atoms with Crippen LogP contribution in [0.5, 0.6) is 11.8 Å². The molecule has 0 saturated carbocycles. The molecule has 20 heavy (non-hydrogen) atoms. The summed E-state index contributed by atoms with van der Waals surface area (Å²) in [6.45, 7) is -0.166. The largest absolute Gasteiger partial charge is 0.433 e. The van der Waals surface area contributed by atoms with E-state index in [1.165, 1.54) is 18.2 Å². The molecule has 1 aromatic carbocycles. The first kappa shape index (κ1) is 14.2. The van der Waals surface area contributed by atoms with Crippen LogP contribution >= 0.6 is 0 Å². The van der Waals surface area contributed by atoms with Crippen LogP contribution < -0.4 is 10.5 Å². The molecule has 0 spiro atoms. The third-order valence-electron chi connectivity index (χ3n) is 2.41. The third kappa shape index (κ3) is 3.02. The Bertz CT molecular complexity index is 616. The van der Waals surface area contributed by atoms with Crippen molar-refractivity contribution in [2.45, 2.75) is 12.7 Å². The fourth-order valence-corrected chi connectivity index (χ4v) is 1.48. The summed E-state index contributed by atoms with van der Waals surface area (Å²) in [6, 6.07) is 4.07. The molecule has 2 aromatic rings. The second-order valence-corrected chi connectivity index (χ2v) is 3.74. The Balaban J connectivity index is 2.34. The number of nitrogens with zero attached hydrogens (tertiary/aromatic N) is 2. The summed E-state index contributed by atoms with van der Waals surface area (Å²) < 4.78 is 56.0. The van der Waals surface area contributed by atoms with E-state index in [0.717, 1.165) is 6.20 Å². The predicted molar refractivity (Wildman–Crippen MR) is 61.4 cm³/mol. The third-order valence-corrected chi connectivity index (χ3v) is 2.41. The Hall–Kier alpha value is -2.22. The van der Waals surface area contributed by atoms with Crippen LogP contribution in [0.3, 0.4) is 0 Å². The Kier molecular flexibility index (Phi) is 3.84. The van der Waals surface area contributed by atoms with Crippen molar-refractivity contribution >= 4 is 0 Å². The van der Waals surface area contributed by atoms with E-state index in [1.54, 1.807) is 0 Å². The number of hydrogen-bond acceptors (Lipinski definition) is 4. The van der Waals surface area contributed by atoms with Crippen molar-refractivity contribution in [2.75, 3.05) is 0 Å². The van der Waals surface area contributed by atoms with Crippen LogP contribution in [-0.2, 0) is 12.7 Å². The van der Waals surface area contributed by atoms with Crippen molar-refractivity contribution in [2.24, 2.45) is 5.73 Å². The first-order chi connectivity index (χ1) is 9.41. The number of ether oxygens (including phenoxy) is 1. The molecule has 4 nitrogen and oxygen atoms in total. The Morgan fingerprint density at radius 3 is 2.60 bits per heavy atom. The highest BCUT2D eigenvalue weighted by molar-refractivity contribution is 5.36. The molecule has 2 N–H and O–H groups in total. The number of benzene rings is 1. The molecule has 8 heteroatoms. The van der Waals surface area contributed by atoms with Crippen molar-refractivity contribution in [3.05, 3.63) is 47.5 Å². The molecule has 0 bridgehead atoms. The Labute approximate surface area is 111 Å². The van der Waals surface area contributed by atoms with Crippen LogP contribution in [0.4, 0.5) is 17.6 Å². The molecule has 2 rings (SSSR count). The van der Waals surface area contributed by atoms with Gasteiger partial charge in [-0.15, -0.1) is 0 Å². The zero-order valence-corrected chi connectivity index (χ0v) is 9.99. The van der Waals surface area contributed by atoms with Crippen LogP contribution in [-0.4, -0.2) is 9.97 Å². The Morgan fingerprint density at radius 1 is 1.20 bits per heavy atom. The molecule has 0 aliphatic heterocycles. The lowest BCUT2D eigenvalue weighted by molar-refractivity contribution is -0.141. The summed E-state index contributed by atoms with van der Waals surface area (Å²) in [5.74, 6) is -0.635. The molecule has 0 radical (unpaired) electrons. The van der Waals surface area contributed by atoms with Gasteiger partial charge in [0.25, 0.3) is 0 Å². The molecule has 0 amide bonds. The first-order valence-electron chi connectivity index (χ1n) is 5.47.